The Morgan fingerprint density at radius 3 is 2.92 bits per heavy atom. The number of H-pyrrole nitrogens is 1. The van der Waals surface area contributed by atoms with E-state index in [1.807, 2.05) is 25.1 Å². The molecule has 1 aromatic carbocycles. The van der Waals surface area contributed by atoms with Gasteiger partial charge in [-0.25, -0.2) is 4.79 Å². The normalized spacial score (nSPS) is 10.8. The van der Waals surface area contributed by atoms with E-state index in [0.29, 0.717) is 0 Å². The maximum atomic E-state index is 11.2. The van der Waals surface area contributed by atoms with E-state index in [2.05, 4.69) is 4.98 Å². The molecule has 12 heavy (non-hydrogen) atoms. The van der Waals surface area contributed by atoms with Gasteiger partial charge in [-0.15, -0.1) is 0 Å². The van der Waals surface area contributed by atoms with E-state index in [1.54, 1.807) is 11.6 Å². The van der Waals surface area contributed by atoms with Gasteiger partial charge >= 0.3 is 5.69 Å². The molecule has 0 saturated carbocycles. The molecule has 0 fully saturated rings. The van der Waals surface area contributed by atoms with Crippen molar-refractivity contribution in [2.45, 2.75) is 6.92 Å². The second kappa shape index (κ2) is 2.24. The molecule has 0 atom stereocenters. The summed E-state index contributed by atoms with van der Waals surface area (Å²) in [6.45, 7) is 2.00. The molecule has 0 spiro atoms. The van der Waals surface area contributed by atoms with Crippen molar-refractivity contribution in [3.63, 3.8) is 0 Å². The quantitative estimate of drug-likeness (QED) is 0.620. The van der Waals surface area contributed by atoms with Crippen LogP contribution in [0.4, 0.5) is 0 Å². The Bertz CT molecular complexity index is 479. The van der Waals surface area contributed by atoms with Gasteiger partial charge in [-0.1, -0.05) is 6.07 Å². The maximum Gasteiger partial charge on any atom is 0.326 e. The first-order valence-corrected chi connectivity index (χ1v) is 3.84. The van der Waals surface area contributed by atoms with Crippen molar-refractivity contribution in [2.24, 2.45) is 7.05 Å². The first-order valence-electron chi connectivity index (χ1n) is 3.84. The maximum absolute atomic E-state index is 11.2. The zero-order valence-electron chi connectivity index (χ0n) is 7.09. The lowest BCUT2D eigenvalue weighted by Gasteiger charge is -1.93. The fourth-order valence-corrected chi connectivity index (χ4v) is 1.35. The zero-order chi connectivity index (χ0) is 8.72. The van der Waals surface area contributed by atoms with Crippen molar-refractivity contribution in [1.29, 1.82) is 0 Å². The molecule has 0 aliphatic carbocycles. The summed E-state index contributed by atoms with van der Waals surface area (Å²) < 4.78 is 1.61. The van der Waals surface area contributed by atoms with E-state index in [0.717, 1.165) is 16.6 Å². The lowest BCUT2D eigenvalue weighted by molar-refractivity contribution is 0.891. The van der Waals surface area contributed by atoms with Gasteiger partial charge in [0.25, 0.3) is 0 Å². The summed E-state index contributed by atoms with van der Waals surface area (Å²) in [5, 5.41) is 0. The first kappa shape index (κ1) is 7.16. The number of imidazole rings is 1. The SMILES string of the molecule is Cc1ccc2c(c1)[nH]c(=O)n2C. The van der Waals surface area contributed by atoms with Crippen LogP contribution in [0.2, 0.25) is 0 Å². The predicted molar refractivity (Wildman–Crippen MR) is 48.3 cm³/mol. The van der Waals surface area contributed by atoms with Crippen LogP contribution in [-0.4, -0.2) is 9.55 Å². The second-order valence-corrected chi connectivity index (χ2v) is 3.01. The summed E-state index contributed by atoms with van der Waals surface area (Å²) in [6, 6.07) is 5.91. The molecule has 2 rings (SSSR count). The van der Waals surface area contributed by atoms with Crippen LogP contribution in [0.1, 0.15) is 5.56 Å². The molecular formula is C9H10N2O. The number of aromatic amines is 1. The molecule has 0 aliphatic rings. The summed E-state index contributed by atoms with van der Waals surface area (Å²) in [4.78, 5) is 13.9. The van der Waals surface area contributed by atoms with Crippen molar-refractivity contribution < 1.29 is 0 Å². The van der Waals surface area contributed by atoms with E-state index >= 15 is 0 Å². The molecule has 1 N–H and O–H groups in total. The van der Waals surface area contributed by atoms with Gasteiger partial charge < -0.3 is 4.98 Å². The van der Waals surface area contributed by atoms with Crippen LogP contribution in [0, 0.1) is 6.92 Å². The number of nitrogens with zero attached hydrogens (tertiary/aromatic N) is 1. The Morgan fingerprint density at radius 2 is 2.17 bits per heavy atom. The van der Waals surface area contributed by atoms with Gasteiger partial charge in [-0.2, -0.15) is 0 Å². The molecule has 0 unspecified atom stereocenters. The highest BCUT2D eigenvalue weighted by molar-refractivity contribution is 5.75. The van der Waals surface area contributed by atoms with Crippen molar-refractivity contribution >= 4 is 11.0 Å². The third kappa shape index (κ3) is 0.863. The largest absolute Gasteiger partial charge is 0.326 e. The topological polar surface area (TPSA) is 37.8 Å². The number of hydrogen-bond donors (Lipinski definition) is 1. The van der Waals surface area contributed by atoms with Crippen molar-refractivity contribution in [1.82, 2.24) is 9.55 Å². The molecule has 3 nitrogen and oxygen atoms in total. The van der Waals surface area contributed by atoms with Crippen molar-refractivity contribution in [2.75, 3.05) is 0 Å². The molecule has 0 bridgehead atoms. The Morgan fingerprint density at radius 1 is 1.42 bits per heavy atom. The fourth-order valence-electron chi connectivity index (χ4n) is 1.35. The van der Waals surface area contributed by atoms with Crippen LogP contribution in [-0.2, 0) is 7.05 Å². The van der Waals surface area contributed by atoms with Crippen LogP contribution in [0.5, 0.6) is 0 Å². The van der Waals surface area contributed by atoms with Crippen LogP contribution in [0.3, 0.4) is 0 Å². The summed E-state index contributed by atoms with van der Waals surface area (Å²) in [7, 11) is 1.76. The Labute approximate surface area is 69.6 Å². The van der Waals surface area contributed by atoms with E-state index in [4.69, 9.17) is 0 Å². The van der Waals surface area contributed by atoms with Gasteiger partial charge in [-0.05, 0) is 24.6 Å². The van der Waals surface area contributed by atoms with Crippen LogP contribution >= 0.6 is 0 Å². The molecule has 0 amide bonds. The van der Waals surface area contributed by atoms with Gasteiger partial charge in [0.1, 0.15) is 0 Å². The summed E-state index contributed by atoms with van der Waals surface area (Å²) in [5.74, 6) is 0. The number of hydrogen-bond acceptors (Lipinski definition) is 1. The molecule has 2 aromatic rings. The second-order valence-electron chi connectivity index (χ2n) is 3.01. The van der Waals surface area contributed by atoms with E-state index in [9.17, 15) is 4.79 Å². The van der Waals surface area contributed by atoms with Gasteiger partial charge in [0.2, 0.25) is 0 Å². The van der Waals surface area contributed by atoms with Crippen LogP contribution < -0.4 is 5.69 Å². The Kier molecular flexibility index (Phi) is 1.33. The molecular weight excluding hydrogens is 152 g/mol. The van der Waals surface area contributed by atoms with E-state index < -0.39 is 0 Å². The first-order chi connectivity index (χ1) is 5.68. The third-order valence-electron chi connectivity index (χ3n) is 2.06. The molecule has 1 aromatic heterocycles. The molecule has 1 heterocycles. The Balaban J connectivity index is 2.96. The summed E-state index contributed by atoms with van der Waals surface area (Å²) in [6.07, 6.45) is 0. The highest BCUT2D eigenvalue weighted by Crippen LogP contribution is 2.10. The number of nitrogens with one attached hydrogen (secondary N) is 1. The van der Waals surface area contributed by atoms with Crippen LogP contribution in [0.25, 0.3) is 11.0 Å². The predicted octanol–water partition coefficient (Wildman–Crippen LogP) is 1.18. The number of rotatable bonds is 0. The number of benzene rings is 1. The van der Waals surface area contributed by atoms with Gasteiger partial charge in [0.05, 0.1) is 11.0 Å². The fraction of sp³-hybridized carbons (Fsp3) is 0.222. The standard InChI is InChI=1S/C9H10N2O/c1-6-3-4-8-7(5-6)10-9(12)11(8)2/h3-5H,1-2H3,(H,10,12). The lowest BCUT2D eigenvalue weighted by atomic mass is 10.2. The monoisotopic (exact) mass is 162 g/mol. The third-order valence-corrected chi connectivity index (χ3v) is 2.06. The van der Waals surface area contributed by atoms with Crippen molar-refractivity contribution in [3.8, 4) is 0 Å². The minimum atomic E-state index is -0.0596. The van der Waals surface area contributed by atoms with E-state index in [-0.39, 0.29) is 5.69 Å². The number of fused-ring (bicyclic) bond motifs is 1. The Hall–Kier alpha value is -1.51. The zero-order valence-corrected chi connectivity index (χ0v) is 7.09. The lowest BCUT2D eigenvalue weighted by Crippen LogP contribution is -2.11. The smallest absolute Gasteiger partial charge is 0.306 e. The van der Waals surface area contributed by atoms with Crippen molar-refractivity contribution in [3.05, 3.63) is 34.2 Å². The highest BCUT2D eigenvalue weighted by atomic mass is 16.1. The number of aromatic nitrogens is 2. The molecule has 0 aliphatic heterocycles. The molecule has 0 radical (unpaired) electrons. The van der Waals surface area contributed by atoms with Crippen LogP contribution in [0.15, 0.2) is 23.0 Å². The van der Waals surface area contributed by atoms with Gasteiger partial charge in [-0.3, -0.25) is 4.57 Å². The molecule has 0 saturated heterocycles. The summed E-state index contributed by atoms with van der Waals surface area (Å²) in [5.41, 5.74) is 2.95. The average molecular weight is 162 g/mol. The minimum Gasteiger partial charge on any atom is -0.306 e. The van der Waals surface area contributed by atoms with Gasteiger partial charge in [0.15, 0.2) is 0 Å². The van der Waals surface area contributed by atoms with E-state index in [1.165, 1.54) is 0 Å². The molecule has 62 valence electrons. The highest BCUT2D eigenvalue weighted by Gasteiger charge is 2.00. The van der Waals surface area contributed by atoms with Gasteiger partial charge in [0, 0.05) is 7.05 Å². The average Bonchev–Trinajstić information content (AvgIpc) is 2.28. The minimum absolute atomic E-state index is 0.0596. The molecule has 3 heteroatoms. The summed E-state index contributed by atoms with van der Waals surface area (Å²) >= 11 is 0. The number of aryl methyl sites for hydroxylation is 2.